The van der Waals surface area contributed by atoms with E-state index >= 15 is 0 Å². The Balaban J connectivity index is 0.00000289. The van der Waals surface area contributed by atoms with Gasteiger partial charge in [0.2, 0.25) is 5.91 Å². The largest absolute Gasteiger partial charge is 0.484 e. The van der Waals surface area contributed by atoms with E-state index in [1.54, 1.807) is 0 Å². The van der Waals surface area contributed by atoms with E-state index < -0.39 is 11.7 Å². The predicted octanol–water partition coefficient (Wildman–Crippen LogP) is 5.56. The molecule has 0 saturated heterocycles. The Morgan fingerprint density at radius 1 is 1.28 bits per heavy atom. The van der Waals surface area contributed by atoms with E-state index in [4.69, 9.17) is 22.1 Å². The number of carbonyl (C=O) groups excluding carboxylic acids is 1. The Hall–Kier alpha value is -2.70. The van der Waals surface area contributed by atoms with Gasteiger partial charge in [-0.15, -0.1) is 12.4 Å². The lowest BCUT2D eigenvalue weighted by molar-refractivity contribution is 0.0999. The number of hydrogen-bond acceptors (Lipinski definition) is 3. The molecule has 0 atom stereocenters. The van der Waals surface area contributed by atoms with Crippen LogP contribution >= 0.6 is 24.0 Å². The molecule has 0 spiro atoms. The summed E-state index contributed by atoms with van der Waals surface area (Å²) in [6.45, 7) is 4.02. The highest BCUT2D eigenvalue weighted by Crippen LogP contribution is 2.33. The third-order valence-corrected chi connectivity index (χ3v) is 5.93. The van der Waals surface area contributed by atoms with E-state index in [9.17, 15) is 9.18 Å². The van der Waals surface area contributed by atoms with Gasteiger partial charge in [0.15, 0.2) is 11.6 Å². The van der Waals surface area contributed by atoms with Crippen LogP contribution in [0.25, 0.3) is 17.0 Å². The zero-order valence-electron chi connectivity index (χ0n) is 17.8. The molecule has 3 aromatic rings. The first-order chi connectivity index (χ1) is 15.0. The molecule has 0 bridgehead atoms. The molecule has 170 valence electrons. The number of para-hydroxylation sites is 1. The lowest BCUT2D eigenvalue weighted by Crippen LogP contribution is -2.30. The van der Waals surface area contributed by atoms with Crippen LogP contribution in [0.3, 0.4) is 0 Å². The number of hydrogen-bond donors (Lipinski definition) is 2. The molecule has 32 heavy (non-hydrogen) atoms. The fourth-order valence-electron chi connectivity index (χ4n) is 4.13. The molecule has 2 aromatic carbocycles. The number of primary amides is 1. The molecule has 8 heteroatoms. The third-order valence-electron chi connectivity index (χ3n) is 5.61. The van der Waals surface area contributed by atoms with E-state index in [0.717, 1.165) is 54.0 Å². The molecule has 0 saturated carbocycles. The second-order valence-corrected chi connectivity index (χ2v) is 8.10. The molecule has 5 nitrogen and oxygen atoms in total. The number of benzene rings is 2. The van der Waals surface area contributed by atoms with Crippen molar-refractivity contribution in [2.24, 2.45) is 5.73 Å². The quantitative estimate of drug-likeness (QED) is 0.446. The first-order valence-electron chi connectivity index (χ1n) is 10.4. The fourth-order valence-corrected chi connectivity index (χ4v) is 4.36. The van der Waals surface area contributed by atoms with Gasteiger partial charge in [0.1, 0.15) is 6.61 Å². The summed E-state index contributed by atoms with van der Waals surface area (Å²) in [6.07, 6.45) is 6.63. The van der Waals surface area contributed by atoms with Crippen molar-refractivity contribution in [1.82, 2.24) is 9.88 Å². The summed E-state index contributed by atoms with van der Waals surface area (Å²) in [5.74, 6) is -1.00. The summed E-state index contributed by atoms with van der Waals surface area (Å²) in [4.78, 5) is 17.3. The highest BCUT2D eigenvalue weighted by molar-refractivity contribution is 6.35. The van der Waals surface area contributed by atoms with Crippen LogP contribution < -0.4 is 10.5 Å². The average Bonchev–Trinajstić information content (AvgIpc) is 3.17. The summed E-state index contributed by atoms with van der Waals surface area (Å²) >= 11 is 6.26. The van der Waals surface area contributed by atoms with Crippen molar-refractivity contribution in [1.29, 1.82) is 0 Å². The van der Waals surface area contributed by atoms with E-state index in [2.05, 4.69) is 22.9 Å². The molecule has 3 N–H and O–H groups in total. The summed E-state index contributed by atoms with van der Waals surface area (Å²) in [6, 6.07) is 8.54. The standard InChI is InChI=1S/C24H25ClFN3O2.ClH/c1-2-10-29(11-4-5-15-13-28-22-17(15)6-3-7-20(22)25)16-12-19-18(24(27)30)8-9-21(26)23(19)31-14-16;/h3,6-9,12-13,28H,2,4-5,10-11,14H2,1H3,(H2,27,30);1H. The molecule has 1 aliphatic heterocycles. The summed E-state index contributed by atoms with van der Waals surface area (Å²) in [7, 11) is 0. The minimum absolute atomic E-state index is 0. The van der Waals surface area contributed by atoms with Crippen molar-refractivity contribution in [3.63, 3.8) is 0 Å². The molecule has 1 aromatic heterocycles. The van der Waals surface area contributed by atoms with Gasteiger partial charge in [0.25, 0.3) is 0 Å². The van der Waals surface area contributed by atoms with Crippen LogP contribution in [0.15, 0.2) is 42.2 Å². The smallest absolute Gasteiger partial charge is 0.249 e. The number of ether oxygens (including phenoxy) is 1. The van der Waals surface area contributed by atoms with Gasteiger partial charge in [0, 0.05) is 30.2 Å². The molecular formula is C24H26Cl2FN3O2. The van der Waals surface area contributed by atoms with Crippen molar-refractivity contribution < 1.29 is 13.9 Å². The van der Waals surface area contributed by atoms with Crippen LogP contribution in [0, 0.1) is 5.82 Å². The first-order valence-corrected chi connectivity index (χ1v) is 10.8. The number of aryl methyl sites for hydroxylation is 1. The lowest BCUT2D eigenvalue weighted by atomic mass is 10.0. The topological polar surface area (TPSA) is 71.3 Å². The van der Waals surface area contributed by atoms with Crippen molar-refractivity contribution in [3.05, 3.63) is 69.8 Å². The zero-order chi connectivity index (χ0) is 22.0. The van der Waals surface area contributed by atoms with Crippen LogP contribution in [-0.2, 0) is 6.42 Å². The second-order valence-electron chi connectivity index (χ2n) is 7.69. The number of amides is 1. The molecular weight excluding hydrogens is 452 g/mol. The van der Waals surface area contributed by atoms with Crippen LogP contribution in [0.1, 0.15) is 41.3 Å². The van der Waals surface area contributed by atoms with Gasteiger partial charge in [-0.05, 0) is 49.1 Å². The van der Waals surface area contributed by atoms with E-state index in [1.807, 2.05) is 24.4 Å². The summed E-state index contributed by atoms with van der Waals surface area (Å²) in [5, 5.41) is 1.86. The van der Waals surface area contributed by atoms with Gasteiger partial charge in [-0.3, -0.25) is 4.79 Å². The van der Waals surface area contributed by atoms with E-state index in [1.165, 1.54) is 17.7 Å². The number of carbonyl (C=O) groups is 1. The molecule has 0 unspecified atom stereocenters. The average molecular weight is 478 g/mol. The van der Waals surface area contributed by atoms with Gasteiger partial charge < -0.3 is 20.4 Å². The maximum atomic E-state index is 14.2. The number of fused-ring (bicyclic) bond motifs is 2. The minimum Gasteiger partial charge on any atom is -0.484 e. The van der Waals surface area contributed by atoms with Gasteiger partial charge >= 0.3 is 0 Å². The Morgan fingerprint density at radius 3 is 2.84 bits per heavy atom. The van der Waals surface area contributed by atoms with Gasteiger partial charge in [-0.2, -0.15) is 0 Å². The van der Waals surface area contributed by atoms with Gasteiger partial charge in [0.05, 0.1) is 21.8 Å². The maximum absolute atomic E-state index is 14.2. The molecule has 4 rings (SSSR count). The normalized spacial score (nSPS) is 12.5. The number of nitrogens with one attached hydrogen (secondary N) is 1. The second kappa shape index (κ2) is 10.3. The third kappa shape index (κ3) is 4.71. The zero-order valence-corrected chi connectivity index (χ0v) is 19.4. The molecule has 1 aliphatic rings. The Labute approximate surface area is 197 Å². The predicted molar refractivity (Wildman–Crippen MR) is 129 cm³/mol. The highest BCUT2D eigenvalue weighted by atomic mass is 35.5. The Morgan fingerprint density at radius 2 is 2.09 bits per heavy atom. The van der Waals surface area contributed by atoms with E-state index in [-0.39, 0.29) is 30.3 Å². The summed E-state index contributed by atoms with van der Waals surface area (Å²) in [5.41, 5.74) is 9.28. The van der Waals surface area contributed by atoms with Crippen molar-refractivity contribution in [2.45, 2.75) is 26.2 Å². The molecule has 1 amide bonds. The molecule has 2 heterocycles. The van der Waals surface area contributed by atoms with Crippen LogP contribution in [-0.4, -0.2) is 35.5 Å². The van der Waals surface area contributed by atoms with Crippen LogP contribution in [0.2, 0.25) is 5.02 Å². The number of halogens is 3. The number of nitrogens with two attached hydrogens (primary N) is 1. The number of aromatic amines is 1. The number of rotatable bonds is 8. The number of aromatic nitrogens is 1. The van der Waals surface area contributed by atoms with Gasteiger partial charge in [-0.1, -0.05) is 30.7 Å². The van der Waals surface area contributed by atoms with Crippen LogP contribution in [0.5, 0.6) is 5.75 Å². The molecule has 0 aliphatic carbocycles. The number of H-pyrrole nitrogens is 1. The molecule has 0 fully saturated rings. The number of nitrogens with zero attached hydrogens (tertiary/aromatic N) is 1. The summed E-state index contributed by atoms with van der Waals surface area (Å²) < 4.78 is 19.9. The van der Waals surface area contributed by atoms with Crippen molar-refractivity contribution in [2.75, 3.05) is 19.7 Å². The monoisotopic (exact) mass is 477 g/mol. The Kier molecular flexibility index (Phi) is 7.69. The molecule has 0 radical (unpaired) electrons. The maximum Gasteiger partial charge on any atom is 0.249 e. The van der Waals surface area contributed by atoms with Gasteiger partial charge in [-0.25, -0.2) is 4.39 Å². The fraction of sp³-hybridized carbons (Fsp3) is 0.292. The van der Waals surface area contributed by atoms with Crippen LogP contribution in [0.4, 0.5) is 4.39 Å². The van der Waals surface area contributed by atoms with E-state index in [0.29, 0.717) is 5.56 Å². The highest BCUT2D eigenvalue weighted by Gasteiger charge is 2.23. The van der Waals surface area contributed by atoms with Crippen molar-refractivity contribution in [3.8, 4) is 5.75 Å². The first kappa shape index (κ1) is 24.0. The Bertz CT molecular complexity index is 1160. The SMILES string of the molecule is CCCN(CCCc1c[nH]c2c(Cl)cccc12)C1=Cc2c(C(N)=O)ccc(F)c2OC1.Cl. The van der Waals surface area contributed by atoms with Crippen molar-refractivity contribution >= 4 is 46.9 Å². The lowest BCUT2D eigenvalue weighted by Gasteiger charge is -2.30. The minimum atomic E-state index is -0.600.